The molecule has 2 aromatic carbocycles. The molecular formula is C25H23Cl2F3N4O. The van der Waals surface area contributed by atoms with Crippen LogP contribution in [0.1, 0.15) is 43.1 Å². The van der Waals surface area contributed by atoms with Crippen molar-refractivity contribution in [3.05, 3.63) is 92.7 Å². The molecule has 0 saturated heterocycles. The van der Waals surface area contributed by atoms with E-state index < -0.39 is 17.9 Å². The Balaban J connectivity index is 1.83. The molecule has 184 valence electrons. The monoisotopic (exact) mass is 522 g/mol. The van der Waals surface area contributed by atoms with Crippen molar-refractivity contribution in [1.29, 1.82) is 0 Å². The topological polar surface area (TPSA) is 50.2 Å². The average molecular weight is 523 g/mol. The van der Waals surface area contributed by atoms with Crippen molar-refractivity contribution in [3.8, 4) is 0 Å². The Kier molecular flexibility index (Phi) is 7.15. The zero-order valence-electron chi connectivity index (χ0n) is 19.0. The van der Waals surface area contributed by atoms with E-state index in [9.17, 15) is 18.0 Å². The van der Waals surface area contributed by atoms with Crippen LogP contribution in [0.25, 0.3) is 0 Å². The number of nitrogens with one attached hydrogen (secondary N) is 1. The minimum atomic E-state index is -4.64. The Morgan fingerprint density at radius 3 is 2.46 bits per heavy atom. The maximum absolute atomic E-state index is 14.0. The number of benzene rings is 2. The molecule has 4 rings (SSSR count). The summed E-state index contributed by atoms with van der Waals surface area (Å²) in [7, 11) is 0. The van der Waals surface area contributed by atoms with Crippen molar-refractivity contribution >= 4 is 34.9 Å². The smallest absolute Gasteiger partial charge is 0.344 e. The Hall–Kier alpha value is -2.97. The van der Waals surface area contributed by atoms with E-state index in [1.54, 1.807) is 30.0 Å². The molecule has 1 aliphatic heterocycles. The predicted molar refractivity (Wildman–Crippen MR) is 130 cm³/mol. The third kappa shape index (κ3) is 5.18. The summed E-state index contributed by atoms with van der Waals surface area (Å²) in [5, 5.41) is 7.31. The molecule has 0 fully saturated rings. The standard InChI is InChI=1S/C25H23Cl2F3N4O/c1-3-11-33(14-16-7-5-4-6-8-16)24(35)22-15(2)31-21-13-20(25(28,29)30)32-34(21)23(22)17-9-10-18(26)19(27)12-17/h4-10,12-13,23,31H,3,11,14H2,1-2H3. The number of hydrogen-bond acceptors (Lipinski definition) is 3. The Bertz CT molecular complexity index is 1270. The van der Waals surface area contributed by atoms with Gasteiger partial charge in [0.25, 0.3) is 5.91 Å². The largest absolute Gasteiger partial charge is 0.435 e. The Morgan fingerprint density at radius 2 is 1.83 bits per heavy atom. The number of anilines is 1. The summed E-state index contributed by atoms with van der Waals surface area (Å²) < 4.78 is 41.7. The van der Waals surface area contributed by atoms with Gasteiger partial charge in [0, 0.05) is 24.9 Å². The first-order valence-corrected chi connectivity index (χ1v) is 11.8. The van der Waals surface area contributed by atoms with E-state index >= 15 is 0 Å². The zero-order chi connectivity index (χ0) is 25.3. The molecule has 2 heterocycles. The number of aromatic nitrogens is 2. The van der Waals surface area contributed by atoms with Crippen LogP contribution in [0.15, 0.2) is 65.9 Å². The fourth-order valence-electron chi connectivity index (χ4n) is 4.17. The van der Waals surface area contributed by atoms with Crippen molar-refractivity contribution in [3.63, 3.8) is 0 Å². The van der Waals surface area contributed by atoms with Crippen LogP contribution in [0.5, 0.6) is 0 Å². The molecule has 3 aromatic rings. The first-order chi connectivity index (χ1) is 16.6. The molecular weight excluding hydrogens is 500 g/mol. The van der Waals surface area contributed by atoms with Crippen LogP contribution in [0, 0.1) is 0 Å². The van der Waals surface area contributed by atoms with Crippen LogP contribution in [0.2, 0.25) is 10.0 Å². The Morgan fingerprint density at radius 1 is 1.11 bits per heavy atom. The number of allylic oxidation sites excluding steroid dienone is 1. The van der Waals surface area contributed by atoms with Crippen molar-refractivity contribution in [1.82, 2.24) is 14.7 Å². The molecule has 1 atom stereocenters. The predicted octanol–water partition coefficient (Wildman–Crippen LogP) is 6.94. The number of amides is 1. The van der Waals surface area contributed by atoms with Crippen molar-refractivity contribution in [2.24, 2.45) is 0 Å². The van der Waals surface area contributed by atoms with Crippen LogP contribution in [0.3, 0.4) is 0 Å². The quantitative estimate of drug-likeness (QED) is 0.381. The second kappa shape index (κ2) is 9.95. The molecule has 0 aliphatic carbocycles. The van der Waals surface area contributed by atoms with Gasteiger partial charge in [-0.3, -0.25) is 4.79 Å². The molecule has 0 radical (unpaired) electrons. The molecule has 35 heavy (non-hydrogen) atoms. The molecule has 0 saturated carbocycles. The highest BCUT2D eigenvalue weighted by atomic mass is 35.5. The van der Waals surface area contributed by atoms with Gasteiger partial charge in [-0.1, -0.05) is 66.5 Å². The fraction of sp³-hybridized carbons (Fsp3) is 0.280. The van der Waals surface area contributed by atoms with Crippen LogP contribution < -0.4 is 5.32 Å². The van der Waals surface area contributed by atoms with Crippen LogP contribution >= 0.6 is 23.2 Å². The number of carbonyl (C=O) groups is 1. The van der Waals surface area contributed by atoms with Crippen molar-refractivity contribution in [2.75, 3.05) is 11.9 Å². The first kappa shape index (κ1) is 25.1. The molecule has 0 bridgehead atoms. The maximum Gasteiger partial charge on any atom is 0.435 e. The lowest BCUT2D eigenvalue weighted by molar-refractivity contribution is -0.141. The van der Waals surface area contributed by atoms with Gasteiger partial charge in [-0.05, 0) is 36.6 Å². The van der Waals surface area contributed by atoms with Gasteiger partial charge in [-0.2, -0.15) is 18.3 Å². The van der Waals surface area contributed by atoms with E-state index in [-0.39, 0.29) is 22.3 Å². The zero-order valence-corrected chi connectivity index (χ0v) is 20.5. The molecule has 1 aliphatic rings. The Labute approximate surface area is 211 Å². The summed E-state index contributed by atoms with van der Waals surface area (Å²) in [5.41, 5.74) is 1.12. The van der Waals surface area contributed by atoms with Crippen molar-refractivity contribution < 1.29 is 18.0 Å². The van der Waals surface area contributed by atoms with Gasteiger partial charge in [0.05, 0.1) is 15.6 Å². The highest BCUT2D eigenvalue weighted by Crippen LogP contribution is 2.41. The van der Waals surface area contributed by atoms with E-state index in [0.29, 0.717) is 35.8 Å². The number of halogens is 5. The van der Waals surface area contributed by atoms with E-state index in [1.165, 1.54) is 4.68 Å². The van der Waals surface area contributed by atoms with Crippen molar-refractivity contribution in [2.45, 2.75) is 39.0 Å². The second-order valence-corrected chi connectivity index (χ2v) is 9.12. The minimum absolute atomic E-state index is 0.132. The average Bonchev–Trinajstić information content (AvgIpc) is 3.24. The number of fused-ring (bicyclic) bond motifs is 1. The number of rotatable bonds is 6. The van der Waals surface area contributed by atoms with E-state index in [2.05, 4.69) is 10.4 Å². The van der Waals surface area contributed by atoms with Gasteiger partial charge in [0.2, 0.25) is 0 Å². The molecule has 1 aromatic heterocycles. The number of alkyl halides is 3. The highest BCUT2D eigenvalue weighted by molar-refractivity contribution is 6.42. The normalized spacial score (nSPS) is 15.6. The molecule has 1 unspecified atom stereocenters. The minimum Gasteiger partial charge on any atom is -0.344 e. The van der Waals surface area contributed by atoms with Gasteiger partial charge >= 0.3 is 6.18 Å². The molecule has 5 nitrogen and oxygen atoms in total. The highest BCUT2D eigenvalue weighted by Gasteiger charge is 2.40. The van der Waals surface area contributed by atoms with Crippen LogP contribution in [-0.2, 0) is 17.5 Å². The lowest BCUT2D eigenvalue weighted by Crippen LogP contribution is -2.38. The summed E-state index contributed by atoms with van der Waals surface area (Å²) in [6.07, 6.45) is -3.94. The first-order valence-electron chi connectivity index (χ1n) is 11.0. The third-order valence-corrected chi connectivity index (χ3v) is 6.49. The van der Waals surface area contributed by atoms with Crippen LogP contribution in [0.4, 0.5) is 19.0 Å². The summed E-state index contributed by atoms with van der Waals surface area (Å²) in [6, 6.07) is 14.3. The molecule has 1 amide bonds. The molecule has 1 N–H and O–H groups in total. The maximum atomic E-state index is 14.0. The van der Waals surface area contributed by atoms with E-state index in [4.69, 9.17) is 23.2 Å². The summed E-state index contributed by atoms with van der Waals surface area (Å²) in [4.78, 5) is 15.7. The molecule has 10 heteroatoms. The summed E-state index contributed by atoms with van der Waals surface area (Å²) in [6.45, 7) is 4.47. The lowest BCUT2D eigenvalue weighted by Gasteiger charge is -2.33. The van der Waals surface area contributed by atoms with Gasteiger partial charge in [0.15, 0.2) is 5.69 Å². The van der Waals surface area contributed by atoms with Gasteiger partial charge in [0.1, 0.15) is 11.9 Å². The van der Waals surface area contributed by atoms with Crippen LogP contribution in [-0.4, -0.2) is 27.1 Å². The SMILES string of the molecule is CCCN(Cc1ccccc1)C(=O)C1=C(C)Nc2cc(C(F)(F)F)nn2C1c1ccc(Cl)c(Cl)c1. The molecule has 0 spiro atoms. The number of nitrogens with zero attached hydrogens (tertiary/aromatic N) is 3. The summed E-state index contributed by atoms with van der Waals surface area (Å²) >= 11 is 12.3. The van der Waals surface area contributed by atoms with Gasteiger partial charge in [-0.15, -0.1) is 0 Å². The third-order valence-electron chi connectivity index (χ3n) is 5.75. The summed E-state index contributed by atoms with van der Waals surface area (Å²) in [5.74, 6) is -0.168. The van der Waals surface area contributed by atoms with E-state index in [1.807, 2.05) is 37.3 Å². The number of carbonyl (C=O) groups excluding carboxylic acids is 1. The van der Waals surface area contributed by atoms with Gasteiger partial charge in [-0.25, -0.2) is 4.68 Å². The lowest BCUT2D eigenvalue weighted by atomic mass is 9.94. The fourth-order valence-corrected chi connectivity index (χ4v) is 4.48. The number of hydrogen-bond donors (Lipinski definition) is 1. The van der Waals surface area contributed by atoms with Gasteiger partial charge < -0.3 is 10.2 Å². The van der Waals surface area contributed by atoms with E-state index in [0.717, 1.165) is 11.6 Å². The second-order valence-electron chi connectivity index (χ2n) is 8.31.